The van der Waals surface area contributed by atoms with Gasteiger partial charge in [0, 0.05) is 0 Å². The molecule has 0 spiro atoms. The minimum absolute atomic E-state index is 0.0915. The molecule has 21 heavy (non-hydrogen) atoms. The van der Waals surface area contributed by atoms with E-state index in [1.807, 2.05) is 18.6 Å². The van der Waals surface area contributed by atoms with Crippen LogP contribution in [0.1, 0.15) is 47.5 Å². The Kier molecular flexibility index (Phi) is 7.35. The number of aliphatic carboxylic acids is 1. The summed E-state index contributed by atoms with van der Waals surface area (Å²) in [7, 11) is -2.00. The molecule has 0 heterocycles. The molecular formula is C13H24F3NO3S. The van der Waals surface area contributed by atoms with Crippen LogP contribution in [-0.2, 0) is 15.8 Å². The Morgan fingerprint density at radius 3 is 1.95 bits per heavy atom. The van der Waals surface area contributed by atoms with Crippen molar-refractivity contribution >= 4 is 17.0 Å². The van der Waals surface area contributed by atoms with Crippen LogP contribution >= 0.6 is 0 Å². The number of rotatable bonds is 7. The van der Waals surface area contributed by atoms with E-state index < -0.39 is 39.8 Å². The summed E-state index contributed by atoms with van der Waals surface area (Å²) in [6, 6.07) is -2.33. The van der Waals surface area contributed by atoms with Crippen LogP contribution in [0.15, 0.2) is 0 Å². The zero-order valence-electron chi connectivity index (χ0n) is 13.0. The van der Waals surface area contributed by atoms with Crippen molar-refractivity contribution in [3.05, 3.63) is 0 Å². The predicted octanol–water partition coefficient (Wildman–Crippen LogP) is 3.11. The van der Waals surface area contributed by atoms with Crippen LogP contribution < -0.4 is 4.72 Å². The van der Waals surface area contributed by atoms with E-state index in [4.69, 9.17) is 5.11 Å². The van der Waals surface area contributed by atoms with E-state index in [0.29, 0.717) is 6.42 Å². The van der Waals surface area contributed by atoms with E-state index in [9.17, 15) is 22.2 Å². The average molecular weight is 331 g/mol. The third-order valence-corrected chi connectivity index (χ3v) is 4.50. The highest BCUT2D eigenvalue weighted by Gasteiger charge is 2.49. The maximum absolute atomic E-state index is 13.1. The molecule has 0 aliphatic rings. The molecule has 4 nitrogen and oxygen atoms in total. The highest BCUT2D eigenvalue weighted by Crippen LogP contribution is 2.30. The predicted molar refractivity (Wildman–Crippen MR) is 76.1 cm³/mol. The number of carboxylic acids is 1. The monoisotopic (exact) mass is 331 g/mol. The summed E-state index contributed by atoms with van der Waals surface area (Å²) in [5.41, 5.74) is 0. The van der Waals surface area contributed by atoms with Crippen LogP contribution in [0.4, 0.5) is 13.2 Å². The zero-order chi connectivity index (χ0) is 17.0. The molecule has 0 fully saturated rings. The lowest BCUT2D eigenvalue weighted by atomic mass is 9.91. The lowest BCUT2D eigenvalue weighted by molar-refractivity contribution is -0.176. The molecule has 0 aromatic rings. The molecule has 0 aliphatic carbocycles. The minimum atomic E-state index is -4.78. The van der Waals surface area contributed by atoms with Gasteiger partial charge in [-0.1, -0.05) is 20.3 Å². The fourth-order valence-electron chi connectivity index (χ4n) is 1.61. The number of nitrogens with one attached hydrogen (secondary N) is 1. The van der Waals surface area contributed by atoms with Crippen LogP contribution in [0.3, 0.4) is 0 Å². The Hall–Kier alpha value is -0.630. The molecule has 0 bridgehead atoms. The van der Waals surface area contributed by atoms with Crippen molar-refractivity contribution in [2.75, 3.05) is 0 Å². The van der Waals surface area contributed by atoms with Gasteiger partial charge < -0.3 is 5.11 Å². The molecule has 0 saturated carbocycles. The summed E-state index contributed by atoms with van der Waals surface area (Å²) < 4.78 is 52.4. The Balaban J connectivity index is 5.27. The summed E-state index contributed by atoms with van der Waals surface area (Å²) >= 11 is 0. The second-order valence-electron chi connectivity index (χ2n) is 6.43. The molecule has 0 amide bonds. The van der Waals surface area contributed by atoms with Gasteiger partial charge in [0.05, 0.1) is 21.7 Å². The van der Waals surface area contributed by atoms with Gasteiger partial charge >= 0.3 is 12.1 Å². The number of halogens is 3. The van der Waals surface area contributed by atoms with Crippen molar-refractivity contribution < 1.29 is 27.3 Å². The first-order valence-electron chi connectivity index (χ1n) is 6.74. The third-order valence-electron chi connectivity index (χ3n) is 2.92. The maximum Gasteiger partial charge on any atom is 0.405 e. The standard InChI is InChI=1S/C13H24F3NO3S/c1-8(2)6-7-9(11(18)19)10(13(14,15)16)17-21(20)12(3,4)5/h8-10,17H,6-7H2,1-5H3,(H,18,19)/t9-,10-,21-/m1/s1. The molecule has 0 aromatic carbocycles. The second kappa shape index (κ2) is 7.58. The van der Waals surface area contributed by atoms with Gasteiger partial charge in [-0.25, -0.2) is 8.93 Å². The van der Waals surface area contributed by atoms with Crippen LogP contribution in [0, 0.1) is 11.8 Å². The number of carboxylic acid groups (broad SMARTS) is 1. The SMILES string of the molecule is CC(C)CC[C@@H](C(=O)O)[C@@H](N[S@](=O)C(C)(C)C)C(F)(F)F. The summed E-state index contributed by atoms with van der Waals surface area (Å²) in [6.07, 6.45) is -4.54. The van der Waals surface area contributed by atoms with Crippen LogP contribution in [0.2, 0.25) is 0 Å². The topological polar surface area (TPSA) is 66.4 Å². The van der Waals surface area contributed by atoms with Crippen molar-refractivity contribution in [3.8, 4) is 0 Å². The minimum Gasteiger partial charge on any atom is -0.481 e. The van der Waals surface area contributed by atoms with E-state index in [1.165, 1.54) is 20.8 Å². The first-order chi connectivity index (χ1) is 9.26. The second-order valence-corrected chi connectivity index (χ2v) is 8.43. The van der Waals surface area contributed by atoms with E-state index in [1.54, 1.807) is 0 Å². The zero-order valence-corrected chi connectivity index (χ0v) is 13.8. The number of alkyl halides is 3. The van der Waals surface area contributed by atoms with Gasteiger partial charge in [-0.3, -0.25) is 4.79 Å². The lowest BCUT2D eigenvalue weighted by Gasteiger charge is -2.30. The average Bonchev–Trinajstić information content (AvgIpc) is 2.23. The number of hydrogen-bond donors (Lipinski definition) is 2. The van der Waals surface area contributed by atoms with Gasteiger partial charge in [0.25, 0.3) is 0 Å². The summed E-state index contributed by atoms with van der Waals surface area (Å²) in [5, 5.41) is 9.10. The molecule has 0 rings (SSSR count). The van der Waals surface area contributed by atoms with Crippen molar-refractivity contribution in [2.24, 2.45) is 11.8 Å². The van der Waals surface area contributed by atoms with Gasteiger partial charge in [0.2, 0.25) is 0 Å². The highest BCUT2D eigenvalue weighted by atomic mass is 32.2. The molecule has 3 atom stereocenters. The van der Waals surface area contributed by atoms with Gasteiger partial charge in [-0.05, 0) is 33.1 Å². The Labute approximate surface area is 126 Å². The first-order valence-corrected chi connectivity index (χ1v) is 7.89. The van der Waals surface area contributed by atoms with E-state index in [-0.39, 0.29) is 12.3 Å². The Morgan fingerprint density at radius 1 is 1.19 bits per heavy atom. The Bertz CT molecular complexity index is 378. The molecule has 0 saturated heterocycles. The number of hydrogen-bond acceptors (Lipinski definition) is 2. The van der Waals surface area contributed by atoms with E-state index >= 15 is 0 Å². The normalized spacial score (nSPS) is 17.6. The van der Waals surface area contributed by atoms with Gasteiger partial charge in [0.15, 0.2) is 0 Å². The van der Waals surface area contributed by atoms with Gasteiger partial charge in [-0.15, -0.1) is 0 Å². The largest absolute Gasteiger partial charge is 0.481 e. The number of carbonyl (C=O) groups is 1. The highest BCUT2D eigenvalue weighted by molar-refractivity contribution is 7.84. The van der Waals surface area contributed by atoms with Crippen molar-refractivity contribution in [3.63, 3.8) is 0 Å². The molecule has 126 valence electrons. The fraction of sp³-hybridized carbons (Fsp3) is 0.923. The molecule has 2 N–H and O–H groups in total. The maximum atomic E-state index is 13.1. The first kappa shape index (κ1) is 20.4. The summed E-state index contributed by atoms with van der Waals surface area (Å²) in [4.78, 5) is 11.2. The lowest BCUT2D eigenvalue weighted by Crippen LogP contribution is -2.53. The van der Waals surface area contributed by atoms with Gasteiger partial charge in [0.1, 0.15) is 6.04 Å². The fourth-order valence-corrected chi connectivity index (χ4v) is 2.50. The molecular weight excluding hydrogens is 307 g/mol. The van der Waals surface area contributed by atoms with Crippen LogP contribution in [-0.4, -0.2) is 32.2 Å². The van der Waals surface area contributed by atoms with Crippen LogP contribution in [0.25, 0.3) is 0 Å². The summed E-state index contributed by atoms with van der Waals surface area (Å²) in [6.45, 7) is 8.18. The van der Waals surface area contributed by atoms with Crippen molar-refractivity contribution in [1.29, 1.82) is 0 Å². The molecule has 0 unspecified atom stereocenters. The van der Waals surface area contributed by atoms with Crippen molar-refractivity contribution in [2.45, 2.75) is 64.4 Å². The third kappa shape index (κ3) is 7.26. The van der Waals surface area contributed by atoms with Crippen LogP contribution in [0.5, 0.6) is 0 Å². The summed E-state index contributed by atoms with van der Waals surface area (Å²) in [5.74, 6) is -3.09. The van der Waals surface area contributed by atoms with Gasteiger partial charge in [-0.2, -0.15) is 13.2 Å². The Morgan fingerprint density at radius 2 is 1.67 bits per heavy atom. The van der Waals surface area contributed by atoms with Crippen molar-refractivity contribution in [1.82, 2.24) is 4.72 Å². The van der Waals surface area contributed by atoms with E-state index in [2.05, 4.69) is 0 Å². The van der Waals surface area contributed by atoms with E-state index in [0.717, 1.165) is 0 Å². The molecule has 0 aromatic heterocycles. The molecule has 0 radical (unpaired) electrons. The smallest absolute Gasteiger partial charge is 0.405 e. The molecule has 0 aliphatic heterocycles. The quantitative estimate of drug-likeness (QED) is 0.753. The molecule has 8 heteroatoms.